The van der Waals surface area contributed by atoms with Crippen molar-refractivity contribution in [3.05, 3.63) is 64.2 Å². The van der Waals surface area contributed by atoms with Gasteiger partial charge in [0.1, 0.15) is 18.5 Å². The number of carbonyl (C=O) groups is 4. The molecule has 0 aromatic heterocycles. The van der Waals surface area contributed by atoms with Gasteiger partial charge in [0, 0.05) is 45.4 Å². The SMILES string of the molecule is [2H]COC1(c2ccc(Cl)c(Cc3ccc(OC)cc3)c2)O[C@H](COC(C)=O)[C@@H](OC(C)=O)[C@H](OC(C)=O)[C@H]1OC(C)=O. The minimum atomic E-state index is -2.09. The Bertz CT molecular complexity index is 1280. The van der Waals surface area contributed by atoms with Gasteiger partial charge in [-0.25, -0.2) is 0 Å². The molecule has 0 radical (unpaired) electrons. The zero-order valence-corrected chi connectivity index (χ0v) is 24.1. The summed E-state index contributed by atoms with van der Waals surface area (Å²) in [6.45, 7) is 4.09. The van der Waals surface area contributed by atoms with Crippen LogP contribution in [0.5, 0.6) is 5.75 Å². The molecule has 1 unspecified atom stereocenters. The van der Waals surface area contributed by atoms with E-state index in [4.69, 9.17) is 46.1 Å². The molecule has 1 fully saturated rings. The van der Waals surface area contributed by atoms with E-state index in [9.17, 15) is 19.2 Å². The van der Waals surface area contributed by atoms with Crippen LogP contribution >= 0.6 is 11.6 Å². The number of esters is 4. The standard InChI is InChI=1S/C29H33ClO11/c1-16(31)37-15-25-26(38-17(2)32)27(39-18(3)33)28(40-19(4)34)29(36-6,41-25)22-9-12-24(30)21(14-22)13-20-7-10-23(35-5)11-8-20/h7-12,14,25-28H,13,15H2,1-6H3/t25-,26-,27+,28-,29?/m1/s1/i6D. The van der Waals surface area contributed by atoms with Gasteiger partial charge in [-0.1, -0.05) is 29.8 Å². The molecule has 1 heterocycles. The Morgan fingerprint density at radius 2 is 1.54 bits per heavy atom. The van der Waals surface area contributed by atoms with Crippen LogP contribution in [-0.2, 0) is 59.8 Å². The molecular formula is C29H33ClO11. The molecular weight excluding hydrogens is 560 g/mol. The van der Waals surface area contributed by atoms with Crippen LogP contribution in [0.25, 0.3) is 0 Å². The highest BCUT2D eigenvalue weighted by Gasteiger charge is 2.61. The van der Waals surface area contributed by atoms with Gasteiger partial charge >= 0.3 is 23.9 Å². The van der Waals surface area contributed by atoms with E-state index in [-0.39, 0.29) is 5.56 Å². The summed E-state index contributed by atoms with van der Waals surface area (Å²) in [5, 5.41) is 0.404. The van der Waals surface area contributed by atoms with E-state index in [0.717, 1.165) is 26.3 Å². The second-order valence-corrected chi connectivity index (χ2v) is 9.69. The summed E-state index contributed by atoms with van der Waals surface area (Å²) in [4.78, 5) is 48.4. The van der Waals surface area contributed by atoms with Gasteiger partial charge in [0.15, 0.2) is 12.2 Å². The number of hydrogen-bond acceptors (Lipinski definition) is 11. The third-order valence-electron chi connectivity index (χ3n) is 6.25. The highest BCUT2D eigenvalue weighted by molar-refractivity contribution is 6.31. The van der Waals surface area contributed by atoms with Gasteiger partial charge in [-0.2, -0.15) is 0 Å². The molecule has 1 aliphatic heterocycles. The lowest BCUT2D eigenvalue weighted by atomic mass is 9.86. The molecule has 5 atom stereocenters. The molecule has 3 rings (SSSR count). The molecule has 0 aliphatic carbocycles. The minimum Gasteiger partial charge on any atom is -0.497 e. The van der Waals surface area contributed by atoms with Gasteiger partial charge in [0.05, 0.1) is 8.48 Å². The number of hydrogen-bond donors (Lipinski definition) is 0. The van der Waals surface area contributed by atoms with Crippen LogP contribution in [-0.4, -0.2) is 69.1 Å². The van der Waals surface area contributed by atoms with Gasteiger partial charge < -0.3 is 33.2 Å². The molecule has 0 N–H and O–H groups in total. The third-order valence-corrected chi connectivity index (χ3v) is 6.62. The van der Waals surface area contributed by atoms with Crippen LogP contribution < -0.4 is 4.74 Å². The van der Waals surface area contributed by atoms with Crippen LogP contribution in [0.3, 0.4) is 0 Å². The lowest BCUT2D eigenvalue weighted by Gasteiger charge is -2.50. The predicted molar refractivity (Wildman–Crippen MR) is 144 cm³/mol. The Hall–Kier alpha value is -3.67. The van der Waals surface area contributed by atoms with Gasteiger partial charge in [-0.3, -0.25) is 19.2 Å². The van der Waals surface area contributed by atoms with Crippen molar-refractivity contribution >= 4 is 35.5 Å². The van der Waals surface area contributed by atoms with Gasteiger partial charge in [-0.05, 0) is 41.8 Å². The Kier molecular flexibility index (Phi) is 10.2. The van der Waals surface area contributed by atoms with E-state index in [1.54, 1.807) is 37.4 Å². The zero-order valence-electron chi connectivity index (χ0n) is 24.3. The fourth-order valence-corrected chi connectivity index (χ4v) is 4.77. The van der Waals surface area contributed by atoms with Crippen molar-refractivity contribution in [2.45, 2.75) is 64.3 Å². The Balaban J connectivity index is 2.21. The minimum absolute atomic E-state index is 0.250. The molecule has 0 saturated carbocycles. The topological polar surface area (TPSA) is 133 Å². The lowest BCUT2D eigenvalue weighted by molar-refractivity contribution is -0.367. The molecule has 2 aromatic rings. The molecule has 1 aliphatic rings. The molecule has 2 aromatic carbocycles. The van der Waals surface area contributed by atoms with Crippen LogP contribution in [0, 0.1) is 0 Å². The monoisotopic (exact) mass is 593 g/mol. The first-order valence-corrected chi connectivity index (χ1v) is 13.0. The summed E-state index contributed by atoms with van der Waals surface area (Å²) in [6, 6.07) is 12.1. The van der Waals surface area contributed by atoms with E-state index in [0.29, 0.717) is 22.8 Å². The summed E-state index contributed by atoms with van der Waals surface area (Å²) in [6.07, 6.45) is -5.36. The maximum atomic E-state index is 12.4. The molecule has 222 valence electrons. The molecule has 1 saturated heterocycles. The summed E-state index contributed by atoms with van der Waals surface area (Å²) in [5.74, 6) is -4.43. The van der Waals surface area contributed by atoms with Crippen molar-refractivity contribution in [1.29, 1.82) is 0 Å². The van der Waals surface area contributed by atoms with E-state index in [1.807, 2.05) is 12.1 Å². The maximum absolute atomic E-state index is 12.4. The first-order chi connectivity index (χ1) is 19.9. The van der Waals surface area contributed by atoms with Gasteiger partial charge in [0.25, 0.3) is 0 Å². The van der Waals surface area contributed by atoms with Crippen molar-refractivity contribution in [2.24, 2.45) is 0 Å². The fourth-order valence-electron chi connectivity index (χ4n) is 4.59. The quantitative estimate of drug-likeness (QED) is 0.296. The number of rotatable bonds is 10. The van der Waals surface area contributed by atoms with Crippen LogP contribution in [0.2, 0.25) is 5.02 Å². The van der Waals surface area contributed by atoms with Gasteiger partial charge in [-0.15, -0.1) is 0 Å². The molecule has 0 amide bonds. The average Bonchev–Trinajstić information content (AvgIpc) is 2.92. The molecule has 41 heavy (non-hydrogen) atoms. The smallest absolute Gasteiger partial charge is 0.303 e. The zero-order chi connectivity index (χ0) is 31.0. The second kappa shape index (κ2) is 13.8. The third kappa shape index (κ3) is 7.75. The second-order valence-electron chi connectivity index (χ2n) is 9.28. The van der Waals surface area contributed by atoms with Gasteiger partial charge in [0.2, 0.25) is 11.9 Å². The Morgan fingerprint density at radius 1 is 0.902 bits per heavy atom. The normalized spacial score (nSPS) is 24.0. The number of ether oxygens (including phenoxy) is 7. The number of carbonyl (C=O) groups excluding carboxylic acids is 4. The van der Waals surface area contributed by atoms with Crippen molar-refractivity contribution in [2.75, 3.05) is 20.8 Å². The largest absolute Gasteiger partial charge is 0.497 e. The van der Waals surface area contributed by atoms with Crippen molar-refractivity contribution in [3.63, 3.8) is 0 Å². The number of halogens is 1. The summed E-state index contributed by atoms with van der Waals surface area (Å²) in [7, 11) is 0.869. The first kappa shape index (κ1) is 30.3. The van der Waals surface area contributed by atoms with E-state index in [1.165, 1.54) is 6.92 Å². The van der Waals surface area contributed by atoms with Crippen molar-refractivity contribution < 1.29 is 53.7 Å². The van der Waals surface area contributed by atoms with Crippen LogP contribution in [0.15, 0.2) is 42.5 Å². The average molecular weight is 594 g/mol. The molecule has 12 heteroatoms. The fraction of sp³-hybridized carbons (Fsp3) is 0.448. The van der Waals surface area contributed by atoms with Crippen molar-refractivity contribution in [1.82, 2.24) is 0 Å². The van der Waals surface area contributed by atoms with Crippen molar-refractivity contribution in [3.8, 4) is 5.75 Å². The summed E-state index contributed by atoms with van der Waals surface area (Å²) in [5.41, 5.74) is 1.77. The number of methoxy groups -OCH3 is 2. The molecule has 11 nitrogen and oxygen atoms in total. The first-order valence-electron chi connectivity index (χ1n) is 13.3. The molecule has 0 spiro atoms. The highest BCUT2D eigenvalue weighted by Crippen LogP contribution is 2.44. The Labute approximate surface area is 244 Å². The van der Waals surface area contributed by atoms with E-state index < -0.39 is 67.8 Å². The summed E-state index contributed by atoms with van der Waals surface area (Å²) < 4.78 is 47.2. The summed E-state index contributed by atoms with van der Waals surface area (Å²) >= 11 is 6.56. The predicted octanol–water partition coefficient (Wildman–Crippen LogP) is 3.50. The maximum Gasteiger partial charge on any atom is 0.303 e. The van der Waals surface area contributed by atoms with Crippen LogP contribution in [0.1, 0.15) is 45.8 Å². The highest BCUT2D eigenvalue weighted by atomic mass is 35.5. The molecule has 0 bridgehead atoms. The van der Waals surface area contributed by atoms with E-state index in [2.05, 4.69) is 0 Å². The Morgan fingerprint density at radius 3 is 2.10 bits per heavy atom. The number of benzene rings is 2. The van der Waals surface area contributed by atoms with E-state index >= 15 is 0 Å². The lowest BCUT2D eigenvalue weighted by Crippen LogP contribution is -2.67. The van der Waals surface area contributed by atoms with Crippen LogP contribution in [0.4, 0.5) is 0 Å².